The smallest absolute Gasteiger partial charge is 0.0625 e. The molecule has 0 radical (unpaired) electrons. The minimum atomic E-state index is -0.0363. The molecule has 1 rings (SSSR count). The maximum absolute atomic E-state index is 8.94. The van der Waals surface area contributed by atoms with Gasteiger partial charge in [-0.1, -0.05) is 6.92 Å². The topological polar surface area (TPSA) is 50.1 Å². The van der Waals surface area contributed by atoms with Crippen molar-refractivity contribution in [1.82, 2.24) is 15.1 Å². The average molecular weight is 225 g/mol. The number of nitrogens with one attached hydrogen (secondary N) is 1. The number of nitrogens with zero attached hydrogens (tertiary/aromatic N) is 2. The molecule has 0 atom stereocenters. The molecule has 0 aliphatic rings. The Morgan fingerprint density at radius 3 is 2.69 bits per heavy atom. The van der Waals surface area contributed by atoms with Gasteiger partial charge in [0.05, 0.1) is 11.4 Å². The number of aromatic nitrogens is 2. The van der Waals surface area contributed by atoms with Crippen LogP contribution in [0.25, 0.3) is 0 Å². The second-order valence-electron chi connectivity index (χ2n) is 4.82. The Kier molecular flexibility index (Phi) is 4.50. The van der Waals surface area contributed by atoms with E-state index in [0.717, 1.165) is 25.1 Å². The van der Waals surface area contributed by atoms with Gasteiger partial charge >= 0.3 is 0 Å². The van der Waals surface area contributed by atoms with E-state index in [2.05, 4.69) is 37.3 Å². The van der Waals surface area contributed by atoms with Crippen molar-refractivity contribution in [3.63, 3.8) is 0 Å². The van der Waals surface area contributed by atoms with Crippen LogP contribution in [0.5, 0.6) is 0 Å². The summed E-state index contributed by atoms with van der Waals surface area (Å²) in [7, 11) is 1.97. The Hall–Kier alpha value is -0.870. The second kappa shape index (κ2) is 5.46. The van der Waals surface area contributed by atoms with Crippen LogP contribution in [-0.4, -0.2) is 27.0 Å². The summed E-state index contributed by atoms with van der Waals surface area (Å²) in [6, 6.07) is 2.13. The van der Waals surface area contributed by atoms with E-state index >= 15 is 0 Å². The van der Waals surface area contributed by atoms with Crippen LogP contribution >= 0.6 is 0 Å². The van der Waals surface area contributed by atoms with Gasteiger partial charge in [-0.3, -0.25) is 4.68 Å². The summed E-state index contributed by atoms with van der Waals surface area (Å²) in [5.74, 6) is 0. The van der Waals surface area contributed by atoms with Gasteiger partial charge in [-0.05, 0) is 32.8 Å². The fraction of sp³-hybridized carbons (Fsp3) is 0.750. The Morgan fingerprint density at radius 1 is 1.50 bits per heavy atom. The molecule has 0 spiro atoms. The van der Waals surface area contributed by atoms with E-state index in [1.807, 2.05) is 11.7 Å². The van der Waals surface area contributed by atoms with Crippen LogP contribution < -0.4 is 5.32 Å². The highest BCUT2D eigenvalue weighted by molar-refractivity contribution is 5.10. The van der Waals surface area contributed by atoms with Crippen molar-refractivity contribution in [3.05, 3.63) is 17.5 Å². The van der Waals surface area contributed by atoms with Gasteiger partial charge in [0, 0.05) is 25.7 Å². The highest BCUT2D eigenvalue weighted by atomic mass is 16.3. The highest BCUT2D eigenvalue weighted by Crippen LogP contribution is 2.10. The van der Waals surface area contributed by atoms with Crippen molar-refractivity contribution in [2.24, 2.45) is 7.05 Å². The molecule has 0 saturated carbocycles. The van der Waals surface area contributed by atoms with Gasteiger partial charge in [0.1, 0.15) is 0 Å². The Balaban J connectivity index is 2.56. The SMILES string of the molecule is CCc1cc(CNC(C)(C)CCO)n(C)n1. The molecule has 92 valence electrons. The van der Waals surface area contributed by atoms with E-state index in [4.69, 9.17) is 5.11 Å². The Labute approximate surface area is 97.7 Å². The zero-order chi connectivity index (χ0) is 12.2. The molecule has 0 unspecified atom stereocenters. The van der Waals surface area contributed by atoms with E-state index < -0.39 is 0 Å². The van der Waals surface area contributed by atoms with Crippen LogP contribution in [0.15, 0.2) is 6.07 Å². The number of rotatable bonds is 6. The van der Waals surface area contributed by atoms with E-state index in [1.54, 1.807) is 0 Å². The van der Waals surface area contributed by atoms with E-state index in [-0.39, 0.29) is 12.1 Å². The van der Waals surface area contributed by atoms with Crippen LogP contribution in [-0.2, 0) is 20.0 Å². The maximum Gasteiger partial charge on any atom is 0.0625 e. The minimum Gasteiger partial charge on any atom is -0.396 e. The summed E-state index contributed by atoms with van der Waals surface area (Å²) in [6.07, 6.45) is 1.72. The number of aliphatic hydroxyl groups is 1. The van der Waals surface area contributed by atoms with Crippen molar-refractivity contribution in [2.45, 2.75) is 45.7 Å². The van der Waals surface area contributed by atoms with Gasteiger partial charge in [0.2, 0.25) is 0 Å². The van der Waals surface area contributed by atoms with Crippen molar-refractivity contribution >= 4 is 0 Å². The lowest BCUT2D eigenvalue weighted by molar-refractivity contribution is 0.229. The van der Waals surface area contributed by atoms with Crippen LogP contribution in [0.4, 0.5) is 0 Å². The predicted molar refractivity (Wildman–Crippen MR) is 65.2 cm³/mol. The van der Waals surface area contributed by atoms with Crippen molar-refractivity contribution in [2.75, 3.05) is 6.61 Å². The van der Waals surface area contributed by atoms with Crippen molar-refractivity contribution in [3.8, 4) is 0 Å². The molecular weight excluding hydrogens is 202 g/mol. The monoisotopic (exact) mass is 225 g/mol. The summed E-state index contributed by atoms with van der Waals surface area (Å²) < 4.78 is 1.92. The quantitative estimate of drug-likeness (QED) is 0.765. The average Bonchev–Trinajstić information content (AvgIpc) is 2.56. The van der Waals surface area contributed by atoms with Gasteiger partial charge in [-0.25, -0.2) is 0 Å². The second-order valence-corrected chi connectivity index (χ2v) is 4.82. The lowest BCUT2D eigenvalue weighted by atomic mass is 10.0. The van der Waals surface area contributed by atoms with Gasteiger partial charge in [0.15, 0.2) is 0 Å². The van der Waals surface area contributed by atoms with E-state index in [0.29, 0.717) is 0 Å². The lowest BCUT2D eigenvalue weighted by Crippen LogP contribution is -2.39. The standard InChI is InChI=1S/C12H23N3O/c1-5-10-8-11(15(4)14-10)9-13-12(2,3)6-7-16/h8,13,16H,5-7,9H2,1-4H3. The molecule has 4 nitrogen and oxygen atoms in total. The molecule has 0 fully saturated rings. The minimum absolute atomic E-state index is 0.0363. The number of hydrogen-bond acceptors (Lipinski definition) is 3. The first kappa shape index (κ1) is 13.2. The number of hydrogen-bond donors (Lipinski definition) is 2. The molecule has 0 amide bonds. The van der Waals surface area contributed by atoms with Crippen molar-refractivity contribution < 1.29 is 5.11 Å². The van der Waals surface area contributed by atoms with Crippen LogP contribution in [0.2, 0.25) is 0 Å². The first-order valence-electron chi connectivity index (χ1n) is 5.86. The number of aryl methyl sites for hydroxylation is 2. The Bertz CT molecular complexity index is 331. The molecule has 1 aromatic rings. The van der Waals surface area contributed by atoms with Crippen LogP contribution in [0.3, 0.4) is 0 Å². The largest absolute Gasteiger partial charge is 0.396 e. The summed E-state index contributed by atoms with van der Waals surface area (Å²) in [5.41, 5.74) is 2.27. The van der Waals surface area contributed by atoms with Crippen LogP contribution in [0.1, 0.15) is 38.6 Å². The molecule has 1 aromatic heterocycles. The Morgan fingerprint density at radius 2 is 2.19 bits per heavy atom. The molecular formula is C12H23N3O. The number of aliphatic hydroxyl groups excluding tert-OH is 1. The van der Waals surface area contributed by atoms with Gasteiger partial charge < -0.3 is 10.4 Å². The fourth-order valence-corrected chi connectivity index (χ4v) is 1.61. The molecule has 16 heavy (non-hydrogen) atoms. The molecule has 0 bridgehead atoms. The summed E-state index contributed by atoms with van der Waals surface area (Å²) in [6.45, 7) is 7.30. The first-order valence-corrected chi connectivity index (χ1v) is 5.86. The maximum atomic E-state index is 8.94. The fourth-order valence-electron chi connectivity index (χ4n) is 1.61. The summed E-state index contributed by atoms with van der Waals surface area (Å²) in [5, 5.41) is 16.8. The molecule has 0 saturated heterocycles. The molecule has 4 heteroatoms. The van der Waals surface area contributed by atoms with E-state index in [9.17, 15) is 0 Å². The molecule has 2 N–H and O–H groups in total. The van der Waals surface area contributed by atoms with Gasteiger partial charge in [0.25, 0.3) is 0 Å². The third-order valence-corrected chi connectivity index (χ3v) is 2.87. The third kappa shape index (κ3) is 3.61. The summed E-state index contributed by atoms with van der Waals surface area (Å²) in [4.78, 5) is 0. The normalized spacial score (nSPS) is 12.1. The predicted octanol–water partition coefficient (Wildman–Crippen LogP) is 1.23. The zero-order valence-electron chi connectivity index (χ0n) is 10.7. The molecule has 0 aliphatic heterocycles. The van der Waals surface area contributed by atoms with Crippen molar-refractivity contribution in [1.29, 1.82) is 0 Å². The molecule has 1 heterocycles. The zero-order valence-corrected chi connectivity index (χ0v) is 10.7. The van der Waals surface area contributed by atoms with Crippen LogP contribution in [0, 0.1) is 0 Å². The van der Waals surface area contributed by atoms with Gasteiger partial charge in [-0.15, -0.1) is 0 Å². The van der Waals surface area contributed by atoms with Gasteiger partial charge in [-0.2, -0.15) is 5.10 Å². The third-order valence-electron chi connectivity index (χ3n) is 2.87. The lowest BCUT2D eigenvalue weighted by Gasteiger charge is -2.25. The molecule has 0 aromatic carbocycles. The first-order chi connectivity index (χ1) is 7.48. The van der Waals surface area contributed by atoms with E-state index in [1.165, 1.54) is 5.69 Å². The highest BCUT2D eigenvalue weighted by Gasteiger charge is 2.16. The molecule has 0 aliphatic carbocycles. The summed E-state index contributed by atoms with van der Waals surface area (Å²) >= 11 is 0.